The van der Waals surface area contributed by atoms with Gasteiger partial charge in [-0.3, -0.25) is 5.41 Å². The zero-order valence-electron chi connectivity index (χ0n) is 9.99. The Balaban J connectivity index is 2.08. The van der Waals surface area contributed by atoms with Crippen molar-refractivity contribution in [2.45, 2.75) is 6.61 Å². The van der Waals surface area contributed by atoms with Crippen LogP contribution in [0.5, 0.6) is 5.75 Å². The van der Waals surface area contributed by atoms with Gasteiger partial charge < -0.3 is 10.5 Å². The second kappa shape index (κ2) is 6.21. The number of hydrogen-bond donors (Lipinski definition) is 2. The van der Waals surface area contributed by atoms with E-state index in [2.05, 4.69) is 31.9 Å². The molecule has 0 saturated carbocycles. The van der Waals surface area contributed by atoms with Gasteiger partial charge in [0, 0.05) is 14.5 Å². The summed E-state index contributed by atoms with van der Waals surface area (Å²) in [6.07, 6.45) is 0. The van der Waals surface area contributed by atoms with Gasteiger partial charge in [-0.1, -0.05) is 28.1 Å². The van der Waals surface area contributed by atoms with Crippen molar-refractivity contribution in [2.24, 2.45) is 5.73 Å². The van der Waals surface area contributed by atoms with Crippen molar-refractivity contribution in [3.05, 3.63) is 62.5 Å². The lowest BCUT2D eigenvalue weighted by molar-refractivity contribution is 0.306. The number of benzene rings is 2. The van der Waals surface area contributed by atoms with Crippen molar-refractivity contribution in [1.29, 1.82) is 5.41 Å². The number of hydrogen-bond acceptors (Lipinski definition) is 2. The maximum absolute atomic E-state index is 7.41. The number of nitrogen functional groups attached to an aromatic ring is 1. The predicted molar refractivity (Wildman–Crippen MR) is 83.6 cm³/mol. The molecule has 98 valence electrons. The minimum Gasteiger partial charge on any atom is -0.489 e. The van der Waals surface area contributed by atoms with Gasteiger partial charge in [-0.05, 0) is 51.8 Å². The molecule has 0 radical (unpaired) electrons. The Kier molecular flexibility index (Phi) is 4.61. The van der Waals surface area contributed by atoms with Gasteiger partial charge in [0.2, 0.25) is 0 Å². The van der Waals surface area contributed by atoms with E-state index in [0.717, 1.165) is 20.3 Å². The van der Waals surface area contributed by atoms with Crippen molar-refractivity contribution in [1.82, 2.24) is 0 Å². The fraction of sp³-hybridized carbons (Fsp3) is 0.0714. The zero-order chi connectivity index (χ0) is 13.8. The minimum absolute atomic E-state index is 0.0328. The first-order chi connectivity index (χ1) is 9.06. The average molecular weight is 384 g/mol. The third kappa shape index (κ3) is 3.81. The molecule has 3 nitrogen and oxygen atoms in total. The monoisotopic (exact) mass is 382 g/mol. The van der Waals surface area contributed by atoms with E-state index in [1.165, 1.54) is 0 Å². The van der Waals surface area contributed by atoms with Crippen molar-refractivity contribution in [2.75, 3.05) is 0 Å². The third-order valence-corrected chi connectivity index (χ3v) is 3.67. The van der Waals surface area contributed by atoms with Crippen molar-refractivity contribution in [3.8, 4) is 5.75 Å². The Morgan fingerprint density at radius 3 is 2.58 bits per heavy atom. The second-order valence-electron chi connectivity index (χ2n) is 3.97. The number of ether oxygens (including phenoxy) is 1. The fourth-order valence-corrected chi connectivity index (χ4v) is 2.62. The Hall–Kier alpha value is -1.33. The average Bonchev–Trinajstić information content (AvgIpc) is 2.36. The van der Waals surface area contributed by atoms with Gasteiger partial charge in [0.25, 0.3) is 0 Å². The van der Waals surface area contributed by atoms with Crippen LogP contribution in [-0.4, -0.2) is 5.84 Å². The van der Waals surface area contributed by atoms with E-state index in [4.69, 9.17) is 15.9 Å². The lowest BCUT2D eigenvalue weighted by Crippen LogP contribution is -2.11. The summed E-state index contributed by atoms with van der Waals surface area (Å²) in [6.45, 7) is 0.491. The maximum Gasteiger partial charge on any atom is 0.123 e. The molecule has 2 aromatic carbocycles. The minimum atomic E-state index is 0.0328. The highest BCUT2D eigenvalue weighted by atomic mass is 79.9. The second-order valence-corrected chi connectivity index (χ2v) is 5.74. The lowest BCUT2D eigenvalue weighted by Gasteiger charge is -2.09. The largest absolute Gasteiger partial charge is 0.489 e. The molecule has 0 fully saturated rings. The highest BCUT2D eigenvalue weighted by Gasteiger charge is 2.05. The molecule has 0 bridgehead atoms. The molecule has 0 unspecified atom stereocenters. The number of nitrogens with one attached hydrogen (secondary N) is 1. The van der Waals surface area contributed by atoms with Crippen LogP contribution in [-0.2, 0) is 6.61 Å². The molecule has 0 heterocycles. The van der Waals surface area contributed by atoms with E-state index in [-0.39, 0.29) is 5.84 Å². The molecule has 0 saturated heterocycles. The number of halogens is 2. The first kappa shape index (κ1) is 14.1. The van der Waals surface area contributed by atoms with E-state index < -0.39 is 0 Å². The molecule has 0 aliphatic rings. The molecule has 5 heteroatoms. The van der Waals surface area contributed by atoms with Crippen molar-refractivity contribution >= 4 is 37.7 Å². The van der Waals surface area contributed by atoms with Gasteiger partial charge in [-0.2, -0.15) is 0 Å². The molecular weight excluding hydrogens is 372 g/mol. The van der Waals surface area contributed by atoms with Crippen LogP contribution in [0.3, 0.4) is 0 Å². The molecule has 0 spiro atoms. The van der Waals surface area contributed by atoms with E-state index in [1.807, 2.05) is 30.3 Å². The highest BCUT2D eigenvalue weighted by Crippen LogP contribution is 2.23. The van der Waals surface area contributed by atoms with Crippen LogP contribution >= 0.6 is 31.9 Å². The van der Waals surface area contributed by atoms with Crippen LogP contribution < -0.4 is 10.5 Å². The summed E-state index contributed by atoms with van der Waals surface area (Å²) in [7, 11) is 0. The normalized spacial score (nSPS) is 10.2. The van der Waals surface area contributed by atoms with Crippen LogP contribution in [0, 0.1) is 5.41 Å². The molecule has 0 aliphatic carbocycles. The molecule has 0 aliphatic heterocycles. The summed E-state index contributed by atoms with van der Waals surface area (Å²) in [6, 6.07) is 13.3. The van der Waals surface area contributed by atoms with Crippen molar-refractivity contribution < 1.29 is 4.74 Å². The topological polar surface area (TPSA) is 59.1 Å². The standard InChI is InChI=1S/C14H12Br2N2O/c15-10-3-1-2-9(6-10)8-19-11-4-5-12(14(17)18)13(16)7-11/h1-7H,8H2,(H3,17,18). The van der Waals surface area contributed by atoms with Crippen LogP contribution in [0.2, 0.25) is 0 Å². The summed E-state index contributed by atoms with van der Waals surface area (Å²) in [5, 5.41) is 7.41. The van der Waals surface area contributed by atoms with E-state index in [0.29, 0.717) is 12.2 Å². The number of nitrogens with two attached hydrogens (primary N) is 1. The summed E-state index contributed by atoms with van der Waals surface area (Å²) in [5.74, 6) is 0.766. The van der Waals surface area contributed by atoms with Gasteiger partial charge in [-0.25, -0.2) is 0 Å². The van der Waals surface area contributed by atoms with Gasteiger partial charge in [0.15, 0.2) is 0 Å². The molecular formula is C14H12Br2N2O. The molecule has 19 heavy (non-hydrogen) atoms. The number of amidine groups is 1. The molecule has 0 atom stereocenters. The fourth-order valence-electron chi connectivity index (χ4n) is 1.60. The Bertz CT molecular complexity index is 614. The third-order valence-electron chi connectivity index (χ3n) is 2.53. The molecule has 2 rings (SSSR count). The first-order valence-corrected chi connectivity index (χ1v) is 7.16. The Morgan fingerprint density at radius 2 is 1.95 bits per heavy atom. The molecule has 3 N–H and O–H groups in total. The van der Waals surface area contributed by atoms with Gasteiger partial charge >= 0.3 is 0 Å². The quantitative estimate of drug-likeness (QED) is 0.617. The Labute approximate surface area is 128 Å². The summed E-state index contributed by atoms with van der Waals surface area (Å²) < 4.78 is 7.49. The zero-order valence-corrected chi connectivity index (χ0v) is 13.2. The molecule has 2 aromatic rings. The van der Waals surface area contributed by atoms with Crippen LogP contribution in [0.25, 0.3) is 0 Å². The summed E-state index contributed by atoms with van der Waals surface area (Å²) >= 11 is 6.80. The van der Waals surface area contributed by atoms with Crippen LogP contribution in [0.1, 0.15) is 11.1 Å². The van der Waals surface area contributed by atoms with Gasteiger partial charge in [0.05, 0.1) is 0 Å². The SMILES string of the molecule is N=C(N)c1ccc(OCc2cccc(Br)c2)cc1Br. The Morgan fingerprint density at radius 1 is 1.16 bits per heavy atom. The maximum atomic E-state index is 7.41. The van der Waals surface area contributed by atoms with Crippen molar-refractivity contribution in [3.63, 3.8) is 0 Å². The molecule has 0 amide bonds. The van der Waals surface area contributed by atoms with Gasteiger partial charge in [0.1, 0.15) is 18.2 Å². The number of rotatable bonds is 4. The van der Waals surface area contributed by atoms with Gasteiger partial charge in [-0.15, -0.1) is 0 Å². The smallest absolute Gasteiger partial charge is 0.123 e. The predicted octanol–water partition coefficient (Wildman–Crippen LogP) is 4.07. The van der Waals surface area contributed by atoms with E-state index in [1.54, 1.807) is 12.1 Å². The molecule has 0 aromatic heterocycles. The summed E-state index contributed by atoms with van der Waals surface area (Å²) in [4.78, 5) is 0. The van der Waals surface area contributed by atoms with Crippen LogP contribution in [0.15, 0.2) is 51.4 Å². The van der Waals surface area contributed by atoms with Crippen LogP contribution in [0.4, 0.5) is 0 Å². The summed E-state index contributed by atoms with van der Waals surface area (Å²) in [5.41, 5.74) is 7.20. The highest BCUT2D eigenvalue weighted by molar-refractivity contribution is 9.10. The van der Waals surface area contributed by atoms with E-state index >= 15 is 0 Å². The lowest BCUT2D eigenvalue weighted by atomic mass is 10.2. The van der Waals surface area contributed by atoms with E-state index in [9.17, 15) is 0 Å². The first-order valence-electron chi connectivity index (χ1n) is 5.57.